The maximum Gasteiger partial charge on any atom is 0.333 e. The third-order valence-corrected chi connectivity index (χ3v) is 4.20. The Morgan fingerprint density at radius 1 is 1.17 bits per heavy atom. The van der Waals surface area contributed by atoms with Crippen LogP contribution in [0.25, 0.3) is 10.9 Å². The van der Waals surface area contributed by atoms with Crippen LogP contribution < -0.4 is 0 Å². The van der Waals surface area contributed by atoms with Crippen LogP contribution in [0, 0.1) is 5.82 Å². The summed E-state index contributed by atoms with van der Waals surface area (Å²) in [4.78, 5) is 12.3. The average molecular weight is 352 g/mol. The second kappa shape index (κ2) is 6.22. The van der Waals surface area contributed by atoms with Crippen LogP contribution in [0.5, 0.6) is 0 Å². The fourth-order valence-electron chi connectivity index (χ4n) is 2.59. The van der Waals surface area contributed by atoms with Gasteiger partial charge >= 0.3 is 5.97 Å². The van der Waals surface area contributed by atoms with Gasteiger partial charge in [0.2, 0.25) is 0 Å². The van der Waals surface area contributed by atoms with E-state index in [0.29, 0.717) is 10.6 Å². The Morgan fingerprint density at radius 2 is 1.96 bits per heavy atom. The Kier molecular flexibility index (Phi) is 4.28. The lowest BCUT2D eigenvalue weighted by Gasteiger charge is -2.19. The van der Waals surface area contributed by atoms with E-state index >= 15 is 0 Å². The molecule has 0 fully saturated rings. The molecule has 3 aromatic rings. The molecular formula is C17H12Cl2FNO2. The van der Waals surface area contributed by atoms with Crippen molar-refractivity contribution in [3.63, 3.8) is 0 Å². The minimum atomic E-state index is -0.813. The third-order valence-electron chi connectivity index (χ3n) is 3.64. The first kappa shape index (κ1) is 15.8. The van der Waals surface area contributed by atoms with Crippen LogP contribution in [0.4, 0.5) is 4.39 Å². The van der Waals surface area contributed by atoms with Gasteiger partial charge in [-0.25, -0.2) is 9.18 Å². The minimum Gasteiger partial charge on any atom is -0.467 e. The first-order valence-corrected chi connectivity index (χ1v) is 7.55. The number of carbonyl (C=O) groups is 1. The number of nitrogens with zero attached hydrogens (tertiary/aromatic N) is 1. The van der Waals surface area contributed by atoms with E-state index in [0.717, 1.165) is 10.9 Å². The second-order valence-electron chi connectivity index (χ2n) is 5.02. The molecule has 0 spiro atoms. The van der Waals surface area contributed by atoms with Crippen LogP contribution in [0.1, 0.15) is 11.6 Å². The molecule has 3 rings (SSSR count). The molecule has 2 aromatic carbocycles. The van der Waals surface area contributed by atoms with Crippen molar-refractivity contribution >= 4 is 40.1 Å². The van der Waals surface area contributed by atoms with Gasteiger partial charge in [-0.2, -0.15) is 0 Å². The maximum atomic E-state index is 13.3. The molecule has 0 aliphatic heterocycles. The number of carbonyl (C=O) groups excluding carboxylic acids is 1. The summed E-state index contributed by atoms with van der Waals surface area (Å²) in [6.07, 6.45) is 1.75. The molecule has 1 aromatic heterocycles. The van der Waals surface area contributed by atoms with E-state index in [-0.39, 0.29) is 5.02 Å². The van der Waals surface area contributed by atoms with Crippen molar-refractivity contribution in [3.05, 3.63) is 70.1 Å². The number of esters is 1. The highest BCUT2D eigenvalue weighted by Gasteiger charge is 2.27. The third kappa shape index (κ3) is 2.92. The van der Waals surface area contributed by atoms with Gasteiger partial charge in [0, 0.05) is 32.7 Å². The van der Waals surface area contributed by atoms with Gasteiger partial charge in [-0.15, -0.1) is 0 Å². The maximum absolute atomic E-state index is 13.3. The molecule has 0 aliphatic rings. The average Bonchev–Trinajstić information content (AvgIpc) is 2.92. The van der Waals surface area contributed by atoms with E-state index in [1.165, 1.54) is 25.3 Å². The van der Waals surface area contributed by atoms with Crippen molar-refractivity contribution in [2.75, 3.05) is 7.11 Å². The van der Waals surface area contributed by atoms with Crippen LogP contribution in [-0.4, -0.2) is 17.6 Å². The second-order valence-corrected chi connectivity index (χ2v) is 5.86. The van der Waals surface area contributed by atoms with E-state index in [2.05, 4.69) is 0 Å². The monoisotopic (exact) mass is 351 g/mol. The van der Waals surface area contributed by atoms with E-state index in [4.69, 9.17) is 27.9 Å². The summed E-state index contributed by atoms with van der Waals surface area (Å²) >= 11 is 12.1. The number of benzene rings is 2. The van der Waals surface area contributed by atoms with E-state index in [9.17, 15) is 9.18 Å². The summed E-state index contributed by atoms with van der Waals surface area (Å²) in [6.45, 7) is 0. The van der Waals surface area contributed by atoms with Gasteiger partial charge in [0.05, 0.1) is 7.11 Å². The lowest BCUT2D eigenvalue weighted by atomic mass is 10.1. The predicted molar refractivity (Wildman–Crippen MR) is 88.5 cm³/mol. The molecule has 1 unspecified atom stereocenters. The molecule has 0 bridgehead atoms. The SMILES string of the molecule is COC(=O)C(c1ccc(F)cc1Cl)n1ccc2cc(Cl)ccc21. The van der Waals surface area contributed by atoms with Crippen molar-refractivity contribution in [1.82, 2.24) is 4.57 Å². The fraction of sp³-hybridized carbons (Fsp3) is 0.118. The van der Waals surface area contributed by atoms with Crippen LogP contribution in [0.15, 0.2) is 48.7 Å². The Labute approximate surface area is 142 Å². The molecule has 6 heteroatoms. The highest BCUT2D eigenvalue weighted by Crippen LogP contribution is 2.32. The quantitative estimate of drug-likeness (QED) is 0.631. The van der Waals surface area contributed by atoms with Crippen LogP contribution in [-0.2, 0) is 9.53 Å². The molecule has 0 N–H and O–H groups in total. The molecular weight excluding hydrogens is 340 g/mol. The van der Waals surface area contributed by atoms with Crippen LogP contribution >= 0.6 is 23.2 Å². The first-order chi connectivity index (χ1) is 11.0. The van der Waals surface area contributed by atoms with Gasteiger partial charge in [0.25, 0.3) is 0 Å². The number of ether oxygens (including phenoxy) is 1. The highest BCUT2D eigenvalue weighted by atomic mass is 35.5. The standard InChI is InChI=1S/C17H12Cl2FNO2/c1-23-17(22)16(13-4-3-12(20)9-14(13)19)21-7-6-10-8-11(18)2-5-15(10)21/h2-9,16H,1H3. The van der Waals surface area contributed by atoms with E-state index in [1.807, 2.05) is 12.1 Å². The van der Waals surface area contributed by atoms with E-state index in [1.54, 1.807) is 22.9 Å². The summed E-state index contributed by atoms with van der Waals surface area (Å²) in [5.74, 6) is -0.961. The fourth-order valence-corrected chi connectivity index (χ4v) is 3.04. The molecule has 3 nitrogen and oxygen atoms in total. The van der Waals surface area contributed by atoms with Gasteiger partial charge in [-0.1, -0.05) is 29.3 Å². The largest absolute Gasteiger partial charge is 0.467 e. The summed E-state index contributed by atoms with van der Waals surface area (Å²) in [7, 11) is 1.30. The van der Waals surface area contributed by atoms with Crippen molar-refractivity contribution in [1.29, 1.82) is 0 Å². The number of fused-ring (bicyclic) bond motifs is 1. The number of aromatic nitrogens is 1. The number of hydrogen-bond donors (Lipinski definition) is 0. The smallest absolute Gasteiger partial charge is 0.333 e. The van der Waals surface area contributed by atoms with Gasteiger partial charge < -0.3 is 9.30 Å². The normalized spacial score (nSPS) is 12.3. The highest BCUT2D eigenvalue weighted by molar-refractivity contribution is 6.32. The van der Waals surface area contributed by atoms with Crippen molar-refractivity contribution in [2.24, 2.45) is 0 Å². The van der Waals surface area contributed by atoms with E-state index < -0.39 is 17.8 Å². The van der Waals surface area contributed by atoms with Crippen molar-refractivity contribution in [2.45, 2.75) is 6.04 Å². The molecule has 1 heterocycles. The Morgan fingerprint density at radius 3 is 2.65 bits per heavy atom. The minimum absolute atomic E-state index is 0.163. The molecule has 0 saturated carbocycles. The molecule has 118 valence electrons. The van der Waals surface area contributed by atoms with Crippen molar-refractivity contribution in [3.8, 4) is 0 Å². The van der Waals surface area contributed by atoms with Gasteiger partial charge in [-0.3, -0.25) is 0 Å². The number of methoxy groups -OCH3 is 1. The summed E-state index contributed by atoms with van der Waals surface area (Å²) in [5.41, 5.74) is 1.26. The molecule has 0 amide bonds. The summed E-state index contributed by atoms with van der Waals surface area (Å²) < 4.78 is 20.0. The first-order valence-electron chi connectivity index (χ1n) is 6.80. The van der Waals surface area contributed by atoms with Crippen LogP contribution in [0.3, 0.4) is 0 Å². The zero-order valence-electron chi connectivity index (χ0n) is 12.1. The zero-order valence-corrected chi connectivity index (χ0v) is 13.6. The summed E-state index contributed by atoms with van der Waals surface area (Å²) in [6, 6.07) is 10.3. The molecule has 0 saturated heterocycles. The predicted octanol–water partition coefficient (Wildman–Crippen LogP) is 4.85. The topological polar surface area (TPSA) is 31.2 Å². The number of halogens is 3. The Hall–Kier alpha value is -2.04. The Bertz CT molecular complexity index is 891. The molecule has 0 aliphatic carbocycles. The van der Waals surface area contributed by atoms with Gasteiger partial charge in [0.1, 0.15) is 5.82 Å². The number of rotatable bonds is 3. The Balaban J connectivity index is 2.21. The van der Waals surface area contributed by atoms with Crippen LogP contribution in [0.2, 0.25) is 10.0 Å². The molecule has 1 atom stereocenters. The lowest BCUT2D eigenvalue weighted by molar-refractivity contribution is -0.143. The van der Waals surface area contributed by atoms with Gasteiger partial charge in [0.15, 0.2) is 6.04 Å². The van der Waals surface area contributed by atoms with Crippen molar-refractivity contribution < 1.29 is 13.9 Å². The zero-order chi connectivity index (χ0) is 16.6. The molecule has 23 heavy (non-hydrogen) atoms. The summed E-state index contributed by atoms with van der Waals surface area (Å²) in [5, 5.41) is 1.64. The molecule has 0 radical (unpaired) electrons. The number of hydrogen-bond acceptors (Lipinski definition) is 2. The van der Waals surface area contributed by atoms with Gasteiger partial charge in [-0.05, 0) is 36.4 Å². The lowest BCUT2D eigenvalue weighted by Crippen LogP contribution is -2.22.